The maximum Gasteiger partial charge on any atom is 0.197 e. The number of piperidine rings is 1. The normalized spacial score (nSPS) is 14.3. The van der Waals surface area contributed by atoms with Crippen molar-refractivity contribution >= 4 is 36.4 Å². The van der Waals surface area contributed by atoms with E-state index in [1.807, 2.05) is 42.5 Å². The molecule has 2 atom stereocenters. The number of likely N-dealkylation sites (tertiary alicyclic amines) is 1. The summed E-state index contributed by atoms with van der Waals surface area (Å²) in [5.41, 5.74) is 2.19. The highest BCUT2D eigenvalue weighted by Gasteiger charge is 2.19. The van der Waals surface area contributed by atoms with E-state index in [1.165, 1.54) is 25.3 Å². The molecule has 1 heterocycles. The Morgan fingerprint density at radius 2 is 1.50 bits per heavy atom. The molecule has 0 amide bonds. The molecule has 8 heteroatoms. The van der Waals surface area contributed by atoms with E-state index >= 15 is 0 Å². The van der Waals surface area contributed by atoms with Crippen molar-refractivity contribution in [3.63, 3.8) is 0 Å². The number of phenols is 1. The maximum atomic E-state index is 13.5. The van der Waals surface area contributed by atoms with Gasteiger partial charge in [-0.1, -0.05) is 30.7 Å². The fourth-order valence-electron chi connectivity index (χ4n) is 4.22. The minimum atomic E-state index is -0.302. The van der Waals surface area contributed by atoms with Crippen molar-refractivity contribution in [3.05, 3.63) is 83.4 Å². The lowest BCUT2D eigenvalue weighted by molar-refractivity contribution is 0.105. The lowest BCUT2D eigenvalue weighted by atomic mass is 9.94. The predicted molar refractivity (Wildman–Crippen MR) is 150 cm³/mol. The summed E-state index contributed by atoms with van der Waals surface area (Å²) >= 11 is 0. The lowest BCUT2D eigenvalue weighted by Crippen LogP contribution is -2.33. The first kappa shape index (κ1) is 26.2. The Hall–Kier alpha value is -2.91. The van der Waals surface area contributed by atoms with Gasteiger partial charge in [0.25, 0.3) is 0 Å². The third-order valence-electron chi connectivity index (χ3n) is 6.21. The Balaban J connectivity index is 1.55. The largest absolute Gasteiger partial charge is 0.507 e. The summed E-state index contributed by atoms with van der Waals surface area (Å²) in [4.78, 5) is 16.0. The van der Waals surface area contributed by atoms with Crippen molar-refractivity contribution in [2.45, 2.75) is 19.3 Å². The van der Waals surface area contributed by atoms with E-state index in [1.54, 1.807) is 24.3 Å². The van der Waals surface area contributed by atoms with Crippen molar-refractivity contribution < 1.29 is 23.7 Å². The van der Waals surface area contributed by atoms with Gasteiger partial charge in [0.1, 0.15) is 29.6 Å². The zero-order valence-corrected chi connectivity index (χ0v) is 22.4. The number of phenolic OH excluding ortho intramolecular Hbond substituents is 1. The molecule has 1 N–H and O–H groups in total. The summed E-state index contributed by atoms with van der Waals surface area (Å²) in [7, 11) is 4.33. The molecule has 0 bridgehead atoms. The van der Waals surface area contributed by atoms with Crippen LogP contribution in [0.1, 0.15) is 40.7 Å². The summed E-state index contributed by atoms with van der Waals surface area (Å²) in [6.45, 7) is 3.88. The Kier molecular flexibility index (Phi) is 9.35. The molecule has 1 saturated heterocycles. The molecule has 6 nitrogen and oxygen atoms in total. The highest BCUT2D eigenvalue weighted by Crippen LogP contribution is 2.31. The van der Waals surface area contributed by atoms with Gasteiger partial charge in [-0.15, -0.1) is 0 Å². The SMILES string of the molecule is O=C(C(=Cc1ccc(OCCN2CCCCC2)cc1)c1ccc(OP)cc1)c1ccc(OP)cc1O. The summed E-state index contributed by atoms with van der Waals surface area (Å²) in [5.74, 6) is 1.45. The molecule has 188 valence electrons. The molecular formula is C28H31NO5P2. The van der Waals surface area contributed by atoms with Crippen molar-refractivity contribution in [2.24, 2.45) is 0 Å². The smallest absolute Gasteiger partial charge is 0.197 e. The number of aromatic hydroxyl groups is 1. The summed E-state index contributed by atoms with van der Waals surface area (Å²) in [5, 5.41) is 10.5. The minimum Gasteiger partial charge on any atom is -0.507 e. The average Bonchev–Trinajstić information content (AvgIpc) is 2.93. The summed E-state index contributed by atoms with van der Waals surface area (Å²) < 4.78 is 16.2. The number of rotatable bonds is 10. The molecule has 36 heavy (non-hydrogen) atoms. The molecule has 0 saturated carbocycles. The molecule has 1 aliphatic heterocycles. The quantitative estimate of drug-likeness (QED) is 0.152. The van der Waals surface area contributed by atoms with Gasteiger partial charge in [0.15, 0.2) is 5.78 Å². The van der Waals surface area contributed by atoms with Crippen LogP contribution in [0.3, 0.4) is 0 Å². The maximum absolute atomic E-state index is 13.5. The first-order valence-electron chi connectivity index (χ1n) is 12.0. The fourth-order valence-corrected chi connectivity index (χ4v) is 4.52. The first-order valence-corrected chi connectivity index (χ1v) is 12.9. The van der Waals surface area contributed by atoms with Gasteiger partial charge in [0.2, 0.25) is 0 Å². The number of nitrogens with zero attached hydrogens (tertiary/aromatic N) is 1. The van der Waals surface area contributed by atoms with Gasteiger partial charge in [0.05, 0.1) is 24.5 Å². The Morgan fingerprint density at radius 3 is 2.14 bits per heavy atom. The average molecular weight is 524 g/mol. The van der Waals surface area contributed by atoms with Gasteiger partial charge < -0.3 is 18.9 Å². The molecule has 0 radical (unpaired) electrons. The number of benzene rings is 3. The topological polar surface area (TPSA) is 68.2 Å². The standard InChI is InChI=1S/C28H31NO5P2/c30-27-19-24(34-36)12-13-25(27)28(31)26(21-6-10-23(33-35)11-7-21)18-20-4-8-22(9-5-20)32-17-16-29-14-2-1-3-15-29/h4-13,18-19,30H,1-3,14-17,35-36H2. The van der Waals surface area contributed by atoms with E-state index in [-0.39, 0.29) is 17.1 Å². The Labute approximate surface area is 216 Å². The molecule has 3 aromatic rings. The number of ketones is 1. The molecule has 1 aliphatic rings. The van der Waals surface area contributed by atoms with Gasteiger partial charge in [-0.3, -0.25) is 9.69 Å². The molecular weight excluding hydrogens is 492 g/mol. The second-order valence-corrected chi connectivity index (χ2v) is 9.12. The third kappa shape index (κ3) is 6.85. The van der Waals surface area contributed by atoms with Crippen LogP contribution >= 0.6 is 18.9 Å². The molecule has 0 aromatic heterocycles. The zero-order valence-electron chi connectivity index (χ0n) is 20.1. The molecule has 1 fully saturated rings. The van der Waals surface area contributed by atoms with E-state index in [9.17, 15) is 9.90 Å². The van der Waals surface area contributed by atoms with Crippen molar-refractivity contribution in [1.29, 1.82) is 0 Å². The Morgan fingerprint density at radius 1 is 0.861 bits per heavy atom. The van der Waals surface area contributed by atoms with E-state index in [0.717, 1.165) is 30.9 Å². The van der Waals surface area contributed by atoms with E-state index in [0.29, 0.717) is 29.2 Å². The fraction of sp³-hybridized carbons (Fsp3) is 0.250. The van der Waals surface area contributed by atoms with Crippen LogP contribution < -0.4 is 13.8 Å². The number of Topliss-reactive ketones (excluding diaryl/α,β-unsaturated/α-hetero) is 1. The van der Waals surface area contributed by atoms with Gasteiger partial charge in [-0.2, -0.15) is 0 Å². The lowest BCUT2D eigenvalue weighted by Gasteiger charge is -2.26. The van der Waals surface area contributed by atoms with Crippen LogP contribution in [0.2, 0.25) is 0 Å². The van der Waals surface area contributed by atoms with Crippen molar-refractivity contribution in [3.8, 4) is 23.0 Å². The van der Waals surface area contributed by atoms with Gasteiger partial charge in [0, 0.05) is 18.2 Å². The summed E-state index contributed by atoms with van der Waals surface area (Å²) in [6, 6.07) is 19.5. The predicted octanol–water partition coefficient (Wildman–Crippen LogP) is 6.02. The van der Waals surface area contributed by atoms with Crippen LogP contribution in [0, 0.1) is 0 Å². The number of carbonyl (C=O) groups excluding carboxylic acids is 1. The monoisotopic (exact) mass is 523 g/mol. The van der Waals surface area contributed by atoms with Crippen molar-refractivity contribution in [1.82, 2.24) is 4.90 Å². The summed E-state index contributed by atoms with van der Waals surface area (Å²) in [6.07, 6.45) is 5.67. The van der Waals surface area contributed by atoms with Gasteiger partial charge in [-0.05, 0) is 79.5 Å². The Bertz CT molecular complexity index is 1190. The molecule has 2 unspecified atom stereocenters. The minimum absolute atomic E-state index is 0.145. The molecule has 4 rings (SSSR count). The van der Waals surface area contributed by atoms with E-state index in [4.69, 9.17) is 13.8 Å². The zero-order chi connectivity index (χ0) is 25.3. The second-order valence-electron chi connectivity index (χ2n) is 8.65. The van der Waals surface area contributed by atoms with Gasteiger partial charge >= 0.3 is 0 Å². The van der Waals surface area contributed by atoms with Crippen LogP contribution in [0.15, 0.2) is 66.7 Å². The highest BCUT2D eigenvalue weighted by molar-refractivity contribution is 7.10. The van der Waals surface area contributed by atoms with E-state index in [2.05, 4.69) is 23.8 Å². The second kappa shape index (κ2) is 12.9. The highest BCUT2D eigenvalue weighted by atomic mass is 31.0. The van der Waals surface area contributed by atoms with Crippen LogP contribution in [0.5, 0.6) is 23.0 Å². The number of hydrogen-bond acceptors (Lipinski definition) is 6. The molecule has 0 spiro atoms. The first-order chi connectivity index (χ1) is 17.6. The van der Waals surface area contributed by atoms with Crippen LogP contribution in [0.25, 0.3) is 11.6 Å². The number of hydrogen-bond donors (Lipinski definition) is 1. The van der Waals surface area contributed by atoms with Crippen molar-refractivity contribution in [2.75, 3.05) is 26.2 Å². The number of allylic oxidation sites excluding steroid dienone is 1. The molecule has 0 aliphatic carbocycles. The number of carbonyl (C=O) groups is 1. The number of ether oxygens (including phenoxy) is 1. The van der Waals surface area contributed by atoms with E-state index < -0.39 is 0 Å². The molecule has 3 aromatic carbocycles. The van der Waals surface area contributed by atoms with Crippen LogP contribution in [0.4, 0.5) is 0 Å². The van der Waals surface area contributed by atoms with Gasteiger partial charge in [-0.25, -0.2) is 0 Å². The third-order valence-corrected chi connectivity index (χ3v) is 6.76. The van der Waals surface area contributed by atoms with Crippen LogP contribution in [-0.4, -0.2) is 42.0 Å². The van der Waals surface area contributed by atoms with Crippen LogP contribution in [-0.2, 0) is 0 Å².